The molecule has 7 heteroatoms. The van der Waals surface area contributed by atoms with Crippen LogP contribution in [0.2, 0.25) is 0 Å². The lowest BCUT2D eigenvalue weighted by Crippen LogP contribution is -2.28. The van der Waals surface area contributed by atoms with Crippen LogP contribution in [0.1, 0.15) is 11.6 Å². The molecule has 0 bridgehead atoms. The highest BCUT2D eigenvalue weighted by Gasteiger charge is 2.29. The van der Waals surface area contributed by atoms with Crippen molar-refractivity contribution in [2.45, 2.75) is 6.04 Å². The average Bonchev–Trinajstić information content (AvgIpc) is 2.91. The first kappa shape index (κ1) is 11.3. The molecule has 2 aromatic rings. The van der Waals surface area contributed by atoms with Gasteiger partial charge in [0.15, 0.2) is 5.58 Å². The fourth-order valence-corrected chi connectivity index (χ4v) is 2.19. The molecule has 3 rings (SSSR count). The van der Waals surface area contributed by atoms with Crippen LogP contribution in [0.4, 0.5) is 4.79 Å². The third kappa shape index (κ3) is 1.93. The van der Waals surface area contributed by atoms with Crippen LogP contribution in [-0.2, 0) is 0 Å². The first-order chi connectivity index (χ1) is 9.17. The van der Waals surface area contributed by atoms with Gasteiger partial charge in [0.1, 0.15) is 6.54 Å². The van der Waals surface area contributed by atoms with E-state index in [0.717, 1.165) is 5.56 Å². The number of carbonyl (C=O) groups excluding carboxylic acids is 1. The van der Waals surface area contributed by atoms with E-state index in [2.05, 4.69) is 10.3 Å². The number of carbonyl (C=O) groups is 1. The zero-order valence-electron chi connectivity index (χ0n) is 9.84. The molecule has 0 saturated carbocycles. The number of benzene rings is 1. The maximum atomic E-state index is 11.6. The van der Waals surface area contributed by atoms with Crippen molar-refractivity contribution in [1.29, 1.82) is 5.26 Å². The lowest BCUT2D eigenvalue weighted by Gasteiger charge is -2.10. The Bertz CT molecular complexity index is 739. The first-order valence-corrected chi connectivity index (χ1v) is 5.72. The van der Waals surface area contributed by atoms with Gasteiger partial charge >= 0.3 is 11.8 Å². The number of H-pyrrole nitrogens is 1. The summed E-state index contributed by atoms with van der Waals surface area (Å²) in [4.78, 5) is 26.7. The quantitative estimate of drug-likeness (QED) is 0.774. The molecule has 0 spiro atoms. The molecule has 19 heavy (non-hydrogen) atoms. The molecule has 0 radical (unpaired) electrons. The second-order valence-electron chi connectivity index (χ2n) is 4.31. The number of rotatable bonds is 2. The molecule has 7 nitrogen and oxygen atoms in total. The van der Waals surface area contributed by atoms with Gasteiger partial charge in [0.25, 0.3) is 0 Å². The number of hydrogen-bond donors (Lipinski definition) is 2. The van der Waals surface area contributed by atoms with E-state index in [9.17, 15) is 9.59 Å². The molecule has 0 aliphatic carbocycles. The van der Waals surface area contributed by atoms with E-state index in [-0.39, 0.29) is 18.6 Å². The predicted molar refractivity (Wildman–Crippen MR) is 65.3 cm³/mol. The van der Waals surface area contributed by atoms with Gasteiger partial charge < -0.3 is 14.6 Å². The van der Waals surface area contributed by atoms with Gasteiger partial charge in [-0.1, -0.05) is 6.07 Å². The number of urea groups is 1. The number of fused-ring (bicyclic) bond motifs is 1. The van der Waals surface area contributed by atoms with Gasteiger partial charge in [0, 0.05) is 6.54 Å². The van der Waals surface area contributed by atoms with Crippen molar-refractivity contribution in [1.82, 2.24) is 15.2 Å². The third-order valence-electron chi connectivity index (χ3n) is 3.09. The van der Waals surface area contributed by atoms with Gasteiger partial charge in [-0.15, -0.1) is 0 Å². The normalized spacial score (nSPS) is 18.6. The van der Waals surface area contributed by atoms with Crippen LogP contribution < -0.4 is 11.1 Å². The topological polar surface area (TPSA) is 102 Å². The fourth-order valence-electron chi connectivity index (χ4n) is 2.19. The minimum Gasteiger partial charge on any atom is -0.408 e. The summed E-state index contributed by atoms with van der Waals surface area (Å²) in [6, 6.07) is 6.74. The number of nitrogens with one attached hydrogen (secondary N) is 2. The number of aromatic nitrogens is 1. The molecule has 1 aliphatic rings. The summed E-state index contributed by atoms with van der Waals surface area (Å²) in [5.74, 6) is -0.506. The van der Waals surface area contributed by atoms with E-state index in [0.29, 0.717) is 17.6 Å². The summed E-state index contributed by atoms with van der Waals surface area (Å²) < 4.78 is 4.91. The van der Waals surface area contributed by atoms with Gasteiger partial charge in [-0.05, 0) is 17.7 Å². The zero-order chi connectivity index (χ0) is 13.4. The maximum Gasteiger partial charge on any atom is 0.417 e. The van der Waals surface area contributed by atoms with E-state index < -0.39 is 5.76 Å². The molecule has 2 amide bonds. The Morgan fingerprint density at radius 3 is 3.11 bits per heavy atom. The van der Waals surface area contributed by atoms with Crippen LogP contribution in [-0.4, -0.2) is 29.0 Å². The number of hydrogen-bond acceptors (Lipinski definition) is 4. The highest BCUT2D eigenvalue weighted by molar-refractivity contribution is 5.78. The lowest BCUT2D eigenvalue weighted by molar-refractivity contribution is 0.222. The summed E-state index contributed by atoms with van der Waals surface area (Å²) in [6.07, 6.45) is 0. The molecule has 1 saturated heterocycles. The molecule has 1 aliphatic heterocycles. The van der Waals surface area contributed by atoms with E-state index >= 15 is 0 Å². The van der Waals surface area contributed by atoms with Crippen LogP contribution in [0.5, 0.6) is 0 Å². The lowest BCUT2D eigenvalue weighted by atomic mass is 10.1. The standard InChI is InChI=1S/C12H10N4O3/c13-3-4-16-6-9(14-11(16)17)7-1-2-10-8(5-7)15-12(18)19-10/h1-2,5,9H,4,6H2,(H,14,17)(H,15,18). The molecule has 1 aromatic carbocycles. The minimum absolute atomic E-state index is 0.0626. The van der Waals surface area contributed by atoms with Gasteiger partial charge in [-0.3, -0.25) is 4.98 Å². The number of amides is 2. The monoisotopic (exact) mass is 258 g/mol. The molecule has 2 N–H and O–H groups in total. The van der Waals surface area contributed by atoms with Crippen molar-refractivity contribution in [2.24, 2.45) is 0 Å². The Morgan fingerprint density at radius 2 is 2.32 bits per heavy atom. The third-order valence-corrected chi connectivity index (χ3v) is 3.09. The molecule has 1 aromatic heterocycles. The van der Waals surface area contributed by atoms with Crippen LogP contribution in [0.3, 0.4) is 0 Å². The minimum atomic E-state index is -0.506. The SMILES string of the molecule is N#CCN1CC(c2ccc3oc(=O)[nH]c3c2)NC1=O. The summed E-state index contributed by atoms with van der Waals surface area (Å²) in [5, 5.41) is 11.4. The van der Waals surface area contributed by atoms with Gasteiger partial charge in [0.05, 0.1) is 17.6 Å². The van der Waals surface area contributed by atoms with Crippen molar-refractivity contribution in [3.8, 4) is 6.07 Å². The van der Waals surface area contributed by atoms with E-state index in [4.69, 9.17) is 9.68 Å². The summed E-state index contributed by atoms with van der Waals surface area (Å²) in [6.45, 7) is 0.493. The van der Waals surface area contributed by atoms with Crippen molar-refractivity contribution in [3.63, 3.8) is 0 Å². The van der Waals surface area contributed by atoms with Crippen molar-refractivity contribution >= 4 is 17.1 Å². The Hall–Kier alpha value is -2.75. The molecule has 1 fully saturated rings. The molecule has 1 atom stereocenters. The Morgan fingerprint density at radius 1 is 1.47 bits per heavy atom. The number of nitrogens with zero attached hydrogens (tertiary/aromatic N) is 2. The van der Waals surface area contributed by atoms with E-state index in [1.165, 1.54) is 4.90 Å². The summed E-state index contributed by atoms with van der Waals surface area (Å²) >= 11 is 0. The number of nitriles is 1. The molecule has 2 heterocycles. The fraction of sp³-hybridized carbons (Fsp3) is 0.250. The number of oxazole rings is 1. The smallest absolute Gasteiger partial charge is 0.408 e. The van der Waals surface area contributed by atoms with Crippen molar-refractivity contribution < 1.29 is 9.21 Å². The van der Waals surface area contributed by atoms with Crippen molar-refractivity contribution in [3.05, 3.63) is 34.3 Å². The van der Waals surface area contributed by atoms with Crippen LogP contribution in [0, 0.1) is 11.3 Å². The van der Waals surface area contributed by atoms with Crippen LogP contribution in [0.15, 0.2) is 27.4 Å². The van der Waals surface area contributed by atoms with E-state index in [1.54, 1.807) is 18.2 Å². The largest absolute Gasteiger partial charge is 0.417 e. The van der Waals surface area contributed by atoms with E-state index in [1.807, 2.05) is 6.07 Å². The number of aromatic amines is 1. The summed E-state index contributed by atoms with van der Waals surface area (Å²) in [7, 11) is 0. The van der Waals surface area contributed by atoms with Crippen LogP contribution >= 0.6 is 0 Å². The highest BCUT2D eigenvalue weighted by Crippen LogP contribution is 2.22. The molecular formula is C12H10N4O3. The van der Waals surface area contributed by atoms with Gasteiger partial charge in [-0.2, -0.15) is 5.26 Å². The average molecular weight is 258 g/mol. The summed E-state index contributed by atoms with van der Waals surface area (Å²) in [5.41, 5.74) is 1.93. The maximum absolute atomic E-state index is 11.6. The Balaban J connectivity index is 1.91. The van der Waals surface area contributed by atoms with Gasteiger partial charge in [-0.25, -0.2) is 9.59 Å². The predicted octanol–water partition coefficient (Wildman–Crippen LogP) is 0.711. The Kier molecular flexibility index (Phi) is 2.49. The molecular weight excluding hydrogens is 248 g/mol. The highest BCUT2D eigenvalue weighted by atomic mass is 16.4. The zero-order valence-corrected chi connectivity index (χ0v) is 9.84. The van der Waals surface area contributed by atoms with Crippen LogP contribution in [0.25, 0.3) is 11.1 Å². The first-order valence-electron chi connectivity index (χ1n) is 5.72. The second-order valence-corrected chi connectivity index (χ2v) is 4.31. The van der Waals surface area contributed by atoms with Crippen molar-refractivity contribution in [2.75, 3.05) is 13.1 Å². The molecule has 96 valence electrons. The van der Waals surface area contributed by atoms with Gasteiger partial charge in [0.2, 0.25) is 0 Å². The Labute approximate surface area is 107 Å². The second kappa shape index (κ2) is 4.17. The molecule has 1 unspecified atom stereocenters.